The number of aryl methyl sites for hydroxylation is 1. The van der Waals surface area contributed by atoms with Gasteiger partial charge < -0.3 is 0 Å². The smallest absolute Gasteiger partial charge is 0.181 e. The summed E-state index contributed by atoms with van der Waals surface area (Å²) in [4.78, 5) is 16.6. The summed E-state index contributed by atoms with van der Waals surface area (Å²) >= 11 is 0. The number of carbonyl (C=O) groups is 1. The molecule has 0 atom stereocenters. The van der Waals surface area contributed by atoms with E-state index in [0.29, 0.717) is 17.7 Å². The number of benzene rings is 1. The summed E-state index contributed by atoms with van der Waals surface area (Å²) in [5.41, 5.74) is 3.59. The highest BCUT2D eigenvalue weighted by Gasteiger charge is 2.22. The molecule has 0 unspecified atom stereocenters. The third-order valence-electron chi connectivity index (χ3n) is 3.76. The highest BCUT2D eigenvalue weighted by molar-refractivity contribution is 5.97. The number of aromatic nitrogens is 1. The molecule has 1 aliphatic rings. The van der Waals surface area contributed by atoms with Crippen LogP contribution >= 0.6 is 0 Å². The van der Waals surface area contributed by atoms with Crippen molar-refractivity contribution in [3.05, 3.63) is 53.1 Å². The maximum atomic E-state index is 14.1. The van der Waals surface area contributed by atoms with E-state index >= 15 is 0 Å². The number of nitrogens with zero attached hydrogens (tertiary/aromatic N) is 1. The zero-order valence-electron chi connectivity index (χ0n) is 11.4. The van der Waals surface area contributed by atoms with Crippen molar-refractivity contribution in [2.45, 2.75) is 32.6 Å². The number of hydrogen-bond acceptors (Lipinski definition) is 2. The molecule has 102 valence electrons. The van der Waals surface area contributed by atoms with Crippen molar-refractivity contribution in [2.75, 3.05) is 0 Å². The van der Waals surface area contributed by atoms with Crippen LogP contribution in [0.5, 0.6) is 0 Å². The Balaban J connectivity index is 2.26. The predicted octanol–water partition coefficient (Wildman–Crippen LogP) is 4.11. The molecule has 0 fully saturated rings. The van der Waals surface area contributed by atoms with Crippen LogP contribution in [-0.4, -0.2) is 10.8 Å². The summed E-state index contributed by atoms with van der Waals surface area (Å²) < 4.78 is 14.1. The first-order valence-electron chi connectivity index (χ1n) is 6.95. The van der Waals surface area contributed by atoms with Crippen LogP contribution < -0.4 is 0 Å². The van der Waals surface area contributed by atoms with Crippen LogP contribution in [0.4, 0.5) is 4.39 Å². The van der Waals surface area contributed by atoms with Gasteiger partial charge in [-0.25, -0.2) is 9.37 Å². The highest BCUT2D eigenvalue weighted by Crippen LogP contribution is 2.32. The van der Waals surface area contributed by atoms with E-state index in [1.54, 1.807) is 12.1 Å². The van der Waals surface area contributed by atoms with Gasteiger partial charge in [0.1, 0.15) is 11.5 Å². The lowest BCUT2D eigenvalue weighted by Gasteiger charge is -2.13. The van der Waals surface area contributed by atoms with Crippen LogP contribution in [0.3, 0.4) is 0 Å². The van der Waals surface area contributed by atoms with Gasteiger partial charge in [-0.1, -0.05) is 18.2 Å². The molecule has 0 N–H and O–H groups in total. The molecule has 1 aromatic heterocycles. The van der Waals surface area contributed by atoms with Gasteiger partial charge in [0, 0.05) is 17.7 Å². The normalized spacial score (nSPS) is 14.8. The number of pyridine rings is 1. The second-order valence-corrected chi connectivity index (χ2v) is 5.25. The van der Waals surface area contributed by atoms with Crippen molar-refractivity contribution < 1.29 is 9.18 Å². The Morgan fingerprint density at radius 3 is 2.65 bits per heavy atom. The topological polar surface area (TPSA) is 30.0 Å². The number of fused-ring (bicyclic) bond motifs is 1. The average molecular weight is 269 g/mol. The van der Waals surface area contributed by atoms with E-state index in [2.05, 4.69) is 4.98 Å². The molecular formula is C17H16FNO. The van der Waals surface area contributed by atoms with E-state index < -0.39 is 0 Å². The van der Waals surface area contributed by atoms with Crippen LogP contribution in [0, 0.1) is 12.7 Å². The molecule has 1 aromatic carbocycles. The quantitative estimate of drug-likeness (QED) is 0.729. The average Bonchev–Trinajstić information content (AvgIpc) is 2.61. The Morgan fingerprint density at radius 1 is 1.10 bits per heavy atom. The van der Waals surface area contributed by atoms with Gasteiger partial charge in [-0.2, -0.15) is 0 Å². The third kappa shape index (κ3) is 2.24. The number of halogens is 1. The third-order valence-corrected chi connectivity index (χ3v) is 3.76. The Kier molecular flexibility index (Phi) is 3.35. The number of rotatable bonds is 1. The maximum Gasteiger partial charge on any atom is 0.181 e. The van der Waals surface area contributed by atoms with Gasteiger partial charge in [0.05, 0.1) is 0 Å². The summed E-state index contributed by atoms with van der Waals surface area (Å²) in [5.74, 6) is -0.171. The van der Waals surface area contributed by atoms with E-state index in [-0.39, 0.29) is 11.6 Å². The van der Waals surface area contributed by atoms with Gasteiger partial charge in [-0.15, -0.1) is 0 Å². The van der Waals surface area contributed by atoms with E-state index in [4.69, 9.17) is 0 Å². The van der Waals surface area contributed by atoms with Gasteiger partial charge in [0.2, 0.25) is 0 Å². The van der Waals surface area contributed by atoms with Crippen molar-refractivity contribution in [3.8, 4) is 11.1 Å². The summed E-state index contributed by atoms with van der Waals surface area (Å²) in [5, 5.41) is 0. The van der Waals surface area contributed by atoms with Crippen molar-refractivity contribution in [3.63, 3.8) is 0 Å². The number of Topliss-reactive ketones (excluding diaryl/α,β-unsaturated/α-hetero) is 1. The Hall–Kier alpha value is -2.03. The number of hydrogen-bond donors (Lipinski definition) is 0. The van der Waals surface area contributed by atoms with E-state index in [1.807, 2.05) is 19.1 Å². The molecular weight excluding hydrogens is 253 g/mol. The predicted molar refractivity (Wildman–Crippen MR) is 76.3 cm³/mol. The molecule has 0 saturated carbocycles. The first-order valence-corrected chi connectivity index (χ1v) is 6.95. The number of carbonyl (C=O) groups excluding carboxylic acids is 1. The zero-order chi connectivity index (χ0) is 14.1. The highest BCUT2D eigenvalue weighted by atomic mass is 19.1. The Morgan fingerprint density at radius 2 is 1.85 bits per heavy atom. The van der Waals surface area contributed by atoms with Gasteiger partial charge in [0.15, 0.2) is 5.78 Å². The SMILES string of the molecule is Cc1cc(-c2ccccc2F)c2c(n1)C(=O)CCCC2. The maximum absolute atomic E-state index is 14.1. The second kappa shape index (κ2) is 5.16. The van der Waals surface area contributed by atoms with Crippen molar-refractivity contribution in [1.29, 1.82) is 0 Å². The van der Waals surface area contributed by atoms with E-state index in [0.717, 1.165) is 36.1 Å². The molecule has 0 spiro atoms. The van der Waals surface area contributed by atoms with Gasteiger partial charge in [-0.3, -0.25) is 4.79 Å². The minimum Gasteiger partial charge on any atom is -0.292 e. The molecule has 20 heavy (non-hydrogen) atoms. The monoisotopic (exact) mass is 269 g/mol. The van der Waals surface area contributed by atoms with Crippen LogP contribution in [0.2, 0.25) is 0 Å². The molecule has 3 heteroatoms. The van der Waals surface area contributed by atoms with Crippen LogP contribution in [0.25, 0.3) is 11.1 Å². The fourth-order valence-corrected chi connectivity index (χ4v) is 2.81. The first kappa shape index (κ1) is 13.0. The molecule has 2 aromatic rings. The fraction of sp³-hybridized carbons (Fsp3) is 0.294. The molecule has 1 heterocycles. The van der Waals surface area contributed by atoms with Crippen LogP contribution in [0.15, 0.2) is 30.3 Å². The minimum atomic E-state index is -0.253. The van der Waals surface area contributed by atoms with E-state index in [9.17, 15) is 9.18 Å². The molecule has 0 radical (unpaired) electrons. The van der Waals surface area contributed by atoms with Crippen LogP contribution in [0.1, 0.15) is 41.0 Å². The molecule has 1 aliphatic carbocycles. The minimum absolute atomic E-state index is 0.0822. The number of ketones is 1. The first-order chi connectivity index (χ1) is 9.66. The lowest BCUT2D eigenvalue weighted by atomic mass is 9.94. The van der Waals surface area contributed by atoms with Gasteiger partial charge in [0.25, 0.3) is 0 Å². The lowest BCUT2D eigenvalue weighted by molar-refractivity contribution is 0.0977. The fourth-order valence-electron chi connectivity index (χ4n) is 2.81. The van der Waals surface area contributed by atoms with Crippen LogP contribution in [-0.2, 0) is 6.42 Å². The van der Waals surface area contributed by atoms with Crippen molar-refractivity contribution in [1.82, 2.24) is 4.98 Å². The molecule has 3 rings (SSSR count). The van der Waals surface area contributed by atoms with E-state index in [1.165, 1.54) is 6.07 Å². The van der Waals surface area contributed by atoms with Crippen molar-refractivity contribution in [2.24, 2.45) is 0 Å². The summed E-state index contributed by atoms with van der Waals surface area (Å²) in [7, 11) is 0. The Labute approximate surface area is 117 Å². The summed E-state index contributed by atoms with van der Waals surface area (Å²) in [6.07, 6.45) is 3.16. The largest absolute Gasteiger partial charge is 0.292 e. The summed E-state index contributed by atoms with van der Waals surface area (Å²) in [6.45, 7) is 1.85. The standard InChI is InChI=1S/C17H16FNO/c1-11-10-14(12-6-2-4-8-15(12)18)13-7-3-5-9-16(20)17(13)19-11/h2,4,6,8,10H,3,5,7,9H2,1H3. The second-order valence-electron chi connectivity index (χ2n) is 5.25. The molecule has 0 saturated heterocycles. The van der Waals surface area contributed by atoms with Crippen molar-refractivity contribution >= 4 is 5.78 Å². The molecule has 0 bridgehead atoms. The zero-order valence-corrected chi connectivity index (χ0v) is 11.4. The molecule has 0 aliphatic heterocycles. The summed E-state index contributed by atoms with van der Waals surface area (Å²) in [6, 6.07) is 8.60. The molecule has 2 nitrogen and oxygen atoms in total. The van der Waals surface area contributed by atoms with Gasteiger partial charge in [-0.05, 0) is 49.4 Å². The lowest BCUT2D eigenvalue weighted by Crippen LogP contribution is -2.07. The van der Waals surface area contributed by atoms with Gasteiger partial charge >= 0.3 is 0 Å². The Bertz CT molecular complexity index is 679. The molecule has 0 amide bonds.